The molecule has 7 heteroatoms. The van der Waals surface area contributed by atoms with Crippen molar-refractivity contribution in [2.75, 3.05) is 17.3 Å². The number of nitrogens with one attached hydrogen (secondary N) is 1. The van der Waals surface area contributed by atoms with E-state index in [1.54, 1.807) is 12.3 Å². The van der Waals surface area contributed by atoms with Crippen molar-refractivity contribution in [3.05, 3.63) is 12.3 Å². The molecule has 1 heterocycles. The summed E-state index contributed by atoms with van der Waals surface area (Å²) in [5.74, 6) is 1.21. The number of hydrogen-bond acceptors (Lipinski definition) is 4. The third-order valence-corrected chi connectivity index (χ3v) is 4.78. The van der Waals surface area contributed by atoms with Gasteiger partial charge in [0.15, 0.2) is 5.82 Å². The molecule has 0 bridgehead atoms. The molecule has 0 atom stereocenters. The van der Waals surface area contributed by atoms with Crippen LogP contribution in [0.3, 0.4) is 0 Å². The predicted molar refractivity (Wildman–Crippen MR) is 81.8 cm³/mol. The van der Waals surface area contributed by atoms with Gasteiger partial charge in [-0.2, -0.15) is 5.10 Å². The molecule has 1 aliphatic rings. The largest absolute Gasteiger partial charge is 0.309 e. The van der Waals surface area contributed by atoms with E-state index in [0.29, 0.717) is 24.7 Å². The highest BCUT2D eigenvalue weighted by atomic mass is 32.2. The highest BCUT2D eigenvalue weighted by Gasteiger charge is 2.16. The molecule has 6 nitrogen and oxygen atoms in total. The second-order valence-corrected chi connectivity index (χ2v) is 8.09. The van der Waals surface area contributed by atoms with E-state index in [-0.39, 0.29) is 11.7 Å². The lowest BCUT2D eigenvalue weighted by atomic mass is 10.0. The summed E-state index contributed by atoms with van der Waals surface area (Å²) in [5.41, 5.74) is 0. The number of carbonyl (C=O) groups excluding carboxylic acids is 1. The Morgan fingerprint density at radius 3 is 2.81 bits per heavy atom. The van der Waals surface area contributed by atoms with Crippen LogP contribution in [0.4, 0.5) is 5.82 Å². The minimum atomic E-state index is -3.00. The van der Waals surface area contributed by atoms with Crippen LogP contribution in [0.25, 0.3) is 0 Å². The molecule has 0 aliphatic heterocycles. The maximum absolute atomic E-state index is 11.8. The number of rotatable bonds is 7. The highest BCUT2D eigenvalue weighted by molar-refractivity contribution is 7.90. The topological polar surface area (TPSA) is 81.1 Å². The van der Waals surface area contributed by atoms with Crippen molar-refractivity contribution < 1.29 is 13.2 Å². The molecule has 1 N–H and O–H groups in total. The SMILES string of the molecule is CS(=O)(=O)CCn1ccc(NC(=O)CCC2CCCC2)n1. The lowest BCUT2D eigenvalue weighted by molar-refractivity contribution is -0.116. The molecule has 0 radical (unpaired) electrons. The van der Waals surface area contributed by atoms with Crippen molar-refractivity contribution in [1.29, 1.82) is 0 Å². The number of aromatic nitrogens is 2. The highest BCUT2D eigenvalue weighted by Crippen LogP contribution is 2.28. The summed E-state index contributed by atoms with van der Waals surface area (Å²) in [4.78, 5) is 11.8. The quantitative estimate of drug-likeness (QED) is 0.833. The van der Waals surface area contributed by atoms with Gasteiger partial charge in [0.05, 0.1) is 12.3 Å². The molecule has 1 fully saturated rings. The molecular formula is C14H23N3O3S. The van der Waals surface area contributed by atoms with Crippen LogP contribution in [-0.4, -0.2) is 36.1 Å². The van der Waals surface area contributed by atoms with Gasteiger partial charge in [-0.15, -0.1) is 0 Å². The molecule has 0 unspecified atom stereocenters. The van der Waals surface area contributed by atoms with Crippen LogP contribution < -0.4 is 5.32 Å². The number of nitrogens with zero attached hydrogens (tertiary/aromatic N) is 2. The molecule has 2 rings (SSSR count). The Hall–Kier alpha value is -1.37. The van der Waals surface area contributed by atoms with E-state index in [0.717, 1.165) is 6.42 Å². The molecule has 1 aromatic rings. The van der Waals surface area contributed by atoms with Gasteiger partial charge in [-0.1, -0.05) is 25.7 Å². The monoisotopic (exact) mass is 313 g/mol. The van der Waals surface area contributed by atoms with Crippen molar-refractivity contribution in [2.45, 2.75) is 45.1 Å². The zero-order valence-corrected chi connectivity index (χ0v) is 13.2. The number of anilines is 1. The predicted octanol–water partition coefficient (Wildman–Crippen LogP) is 1.84. The smallest absolute Gasteiger partial charge is 0.225 e. The van der Waals surface area contributed by atoms with E-state index in [4.69, 9.17) is 0 Å². The lowest BCUT2D eigenvalue weighted by Gasteiger charge is -2.07. The van der Waals surface area contributed by atoms with Crippen LogP contribution in [0, 0.1) is 5.92 Å². The molecule has 0 aromatic carbocycles. The van der Waals surface area contributed by atoms with E-state index in [9.17, 15) is 13.2 Å². The van der Waals surface area contributed by atoms with Crippen molar-refractivity contribution in [2.24, 2.45) is 5.92 Å². The normalized spacial score (nSPS) is 16.2. The van der Waals surface area contributed by atoms with Gasteiger partial charge in [0, 0.05) is 24.9 Å². The summed E-state index contributed by atoms with van der Waals surface area (Å²) in [7, 11) is -3.00. The minimum Gasteiger partial charge on any atom is -0.309 e. The maximum atomic E-state index is 11.8. The van der Waals surface area contributed by atoms with E-state index in [1.807, 2.05) is 0 Å². The first-order valence-corrected chi connectivity index (χ1v) is 9.49. The molecule has 118 valence electrons. The summed E-state index contributed by atoms with van der Waals surface area (Å²) in [6.07, 6.45) is 9.41. The first-order chi connectivity index (χ1) is 9.92. The lowest BCUT2D eigenvalue weighted by Crippen LogP contribution is -2.14. The number of carbonyl (C=O) groups is 1. The van der Waals surface area contributed by atoms with Gasteiger partial charge in [0.25, 0.3) is 0 Å². The number of amides is 1. The standard InChI is InChI=1S/C14H23N3O3S/c1-21(19,20)11-10-17-9-8-13(16-17)15-14(18)7-6-12-4-2-3-5-12/h8-9,12H,2-7,10-11H2,1H3,(H,15,16,18). The van der Waals surface area contributed by atoms with Gasteiger partial charge >= 0.3 is 0 Å². The summed E-state index contributed by atoms with van der Waals surface area (Å²) in [5, 5.41) is 6.92. The van der Waals surface area contributed by atoms with Gasteiger partial charge in [-0.05, 0) is 12.3 Å². The Labute approximate surface area is 125 Å². The number of aryl methyl sites for hydroxylation is 1. The summed E-state index contributed by atoms with van der Waals surface area (Å²) in [6, 6.07) is 1.69. The molecule has 1 saturated carbocycles. The van der Waals surface area contributed by atoms with Gasteiger partial charge in [0.1, 0.15) is 9.84 Å². The molecule has 1 aromatic heterocycles. The van der Waals surface area contributed by atoms with Gasteiger partial charge in [-0.25, -0.2) is 8.42 Å². The van der Waals surface area contributed by atoms with Crippen molar-refractivity contribution in [3.8, 4) is 0 Å². The van der Waals surface area contributed by atoms with Gasteiger partial charge < -0.3 is 5.32 Å². The molecule has 0 saturated heterocycles. The summed E-state index contributed by atoms with van der Waals surface area (Å²) >= 11 is 0. The third kappa shape index (κ3) is 5.87. The molecule has 0 spiro atoms. The summed E-state index contributed by atoms with van der Waals surface area (Å²) in [6.45, 7) is 0.302. The Bertz CT molecular complexity index is 574. The Morgan fingerprint density at radius 2 is 2.14 bits per heavy atom. The fraction of sp³-hybridized carbons (Fsp3) is 0.714. The zero-order chi connectivity index (χ0) is 15.3. The fourth-order valence-electron chi connectivity index (χ4n) is 2.65. The van der Waals surface area contributed by atoms with Crippen molar-refractivity contribution >= 4 is 21.6 Å². The minimum absolute atomic E-state index is 0.0183. The number of sulfone groups is 1. The average Bonchev–Trinajstić information content (AvgIpc) is 3.04. The summed E-state index contributed by atoms with van der Waals surface area (Å²) < 4.78 is 23.7. The van der Waals surface area contributed by atoms with Crippen LogP contribution in [0.15, 0.2) is 12.3 Å². The second-order valence-electron chi connectivity index (χ2n) is 5.83. The number of hydrogen-bond donors (Lipinski definition) is 1. The van der Waals surface area contributed by atoms with Crippen LogP contribution >= 0.6 is 0 Å². The first kappa shape index (κ1) is 16.0. The zero-order valence-electron chi connectivity index (χ0n) is 12.4. The molecular weight excluding hydrogens is 290 g/mol. The van der Waals surface area contributed by atoms with E-state index in [1.165, 1.54) is 36.6 Å². The van der Waals surface area contributed by atoms with Crippen LogP contribution in [0.5, 0.6) is 0 Å². The van der Waals surface area contributed by atoms with E-state index < -0.39 is 9.84 Å². The second kappa shape index (κ2) is 7.06. The van der Waals surface area contributed by atoms with Crippen LogP contribution in [0.1, 0.15) is 38.5 Å². The van der Waals surface area contributed by atoms with E-state index in [2.05, 4.69) is 10.4 Å². The first-order valence-electron chi connectivity index (χ1n) is 7.43. The fourth-order valence-corrected chi connectivity index (χ4v) is 3.17. The Kier molecular flexibility index (Phi) is 5.39. The Morgan fingerprint density at radius 1 is 1.43 bits per heavy atom. The molecule has 1 aliphatic carbocycles. The van der Waals surface area contributed by atoms with Crippen LogP contribution in [0.2, 0.25) is 0 Å². The van der Waals surface area contributed by atoms with Crippen molar-refractivity contribution in [3.63, 3.8) is 0 Å². The Balaban J connectivity index is 1.74. The van der Waals surface area contributed by atoms with Crippen molar-refractivity contribution in [1.82, 2.24) is 9.78 Å². The molecule has 1 amide bonds. The maximum Gasteiger partial charge on any atom is 0.225 e. The molecule has 21 heavy (non-hydrogen) atoms. The average molecular weight is 313 g/mol. The van der Waals surface area contributed by atoms with Gasteiger partial charge in [0.2, 0.25) is 5.91 Å². The van der Waals surface area contributed by atoms with Crippen LogP contribution in [-0.2, 0) is 21.2 Å². The van der Waals surface area contributed by atoms with Gasteiger partial charge in [-0.3, -0.25) is 9.48 Å². The third-order valence-electron chi connectivity index (χ3n) is 3.85. The van der Waals surface area contributed by atoms with E-state index >= 15 is 0 Å².